The van der Waals surface area contributed by atoms with Gasteiger partial charge in [-0.25, -0.2) is 0 Å². The highest BCUT2D eigenvalue weighted by atomic mass is 32.1. The first kappa shape index (κ1) is 15.0. The molecule has 0 aliphatic rings. The maximum atomic E-state index is 5.79. The highest BCUT2D eigenvalue weighted by molar-refractivity contribution is 7.80. The van der Waals surface area contributed by atoms with E-state index in [9.17, 15) is 0 Å². The summed E-state index contributed by atoms with van der Waals surface area (Å²) in [5.41, 5.74) is 0. The third-order valence-corrected chi connectivity index (χ3v) is 3.12. The maximum Gasteiger partial charge on any atom is 0.203 e. The van der Waals surface area contributed by atoms with Gasteiger partial charge in [-0.2, -0.15) is 12.6 Å². The molecule has 102 valence electrons. The summed E-state index contributed by atoms with van der Waals surface area (Å²) in [6.07, 6.45) is 2.11. The second-order valence-electron chi connectivity index (χ2n) is 4.25. The van der Waals surface area contributed by atoms with Crippen LogP contribution >= 0.6 is 12.6 Å². The third kappa shape index (κ3) is 4.33. The molecule has 1 aromatic rings. The number of ether oxygens (including phenoxy) is 3. The smallest absolute Gasteiger partial charge is 0.203 e. The molecule has 0 bridgehead atoms. The highest BCUT2D eigenvalue weighted by Gasteiger charge is 2.11. The van der Waals surface area contributed by atoms with Crippen LogP contribution in [0.3, 0.4) is 0 Å². The van der Waals surface area contributed by atoms with E-state index in [4.69, 9.17) is 14.2 Å². The van der Waals surface area contributed by atoms with Crippen molar-refractivity contribution in [2.75, 3.05) is 26.6 Å². The minimum Gasteiger partial charge on any atom is -0.493 e. The van der Waals surface area contributed by atoms with Crippen LogP contribution in [0.4, 0.5) is 0 Å². The molecule has 18 heavy (non-hydrogen) atoms. The van der Waals surface area contributed by atoms with Crippen molar-refractivity contribution in [3.8, 4) is 17.2 Å². The number of methoxy groups -OCH3 is 2. The summed E-state index contributed by atoms with van der Waals surface area (Å²) < 4.78 is 16.3. The van der Waals surface area contributed by atoms with Gasteiger partial charge < -0.3 is 14.2 Å². The summed E-state index contributed by atoms with van der Waals surface area (Å²) in [6.45, 7) is 2.87. The molecule has 0 aliphatic carbocycles. The molecule has 1 rings (SSSR count). The number of benzene rings is 1. The van der Waals surface area contributed by atoms with E-state index >= 15 is 0 Å². The molecule has 0 spiro atoms. The first-order valence-corrected chi connectivity index (χ1v) is 6.80. The summed E-state index contributed by atoms with van der Waals surface area (Å²) >= 11 is 4.23. The van der Waals surface area contributed by atoms with Gasteiger partial charge in [0.25, 0.3) is 0 Å². The Morgan fingerprint density at radius 3 is 2.22 bits per heavy atom. The largest absolute Gasteiger partial charge is 0.493 e. The first-order chi connectivity index (χ1) is 8.72. The van der Waals surface area contributed by atoms with Crippen LogP contribution in [0.25, 0.3) is 0 Å². The lowest BCUT2D eigenvalue weighted by molar-refractivity contribution is 0.253. The molecule has 3 nitrogen and oxygen atoms in total. The van der Waals surface area contributed by atoms with Crippen molar-refractivity contribution in [2.45, 2.75) is 19.8 Å². The van der Waals surface area contributed by atoms with Crippen LogP contribution in [0.1, 0.15) is 19.8 Å². The summed E-state index contributed by atoms with van der Waals surface area (Å²) in [4.78, 5) is 0. The van der Waals surface area contributed by atoms with Gasteiger partial charge in [-0.3, -0.25) is 0 Å². The molecule has 0 aliphatic heterocycles. The Kier molecular flexibility index (Phi) is 6.80. The second-order valence-corrected chi connectivity index (χ2v) is 4.69. The van der Waals surface area contributed by atoms with Crippen molar-refractivity contribution in [1.29, 1.82) is 0 Å². The molecule has 4 heteroatoms. The first-order valence-electron chi connectivity index (χ1n) is 6.17. The normalized spacial score (nSPS) is 12.0. The Morgan fingerprint density at radius 1 is 1.11 bits per heavy atom. The van der Waals surface area contributed by atoms with E-state index in [0.29, 0.717) is 29.8 Å². The monoisotopic (exact) mass is 270 g/mol. The molecule has 0 fully saturated rings. The zero-order valence-corrected chi connectivity index (χ0v) is 12.2. The second kappa shape index (κ2) is 8.14. The Labute approximate surface area is 115 Å². The van der Waals surface area contributed by atoms with Gasteiger partial charge in [-0.05, 0) is 36.6 Å². The lowest BCUT2D eigenvalue weighted by Crippen LogP contribution is -2.06. The molecule has 1 atom stereocenters. The quantitative estimate of drug-likeness (QED) is 0.733. The highest BCUT2D eigenvalue weighted by Crippen LogP contribution is 2.36. The third-order valence-electron chi connectivity index (χ3n) is 2.86. The Hall–Kier alpha value is -1.03. The van der Waals surface area contributed by atoms with Gasteiger partial charge >= 0.3 is 0 Å². The molecule has 0 saturated carbocycles. The predicted molar refractivity (Wildman–Crippen MR) is 77.3 cm³/mol. The summed E-state index contributed by atoms with van der Waals surface area (Å²) in [5.74, 6) is 3.62. The fourth-order valence-electron chi connectivity index (χ4n) is 1.69. The molecule has 0 amide bonds. The van der Waals surface area contributed by atoms with Crippen LogP contribution in [0.5, 0.6) is 17.2 Å². The Morgan fingerprint density at radius 2 is 1.72 bits per heavy atom. The number of rotatable bonds is 8. The van der Waals surface area contributed by atoms with Crippen molar-refractivity contribution in [3.05, 3.63) is 18.2 Å². The molecule has 0 saturated heterocycles. The minimum absolute atomic E-state index is 0.614. The number of para-hydroxylation sites is 1. The van der Waals surface area contributed by atoms with E-state index in [0.717, 1.165) is 18.6 Å². The zero-order valence-electron chi connectivity index (χ0n) is 11.3. The van der Waals surface area contributed by atoms with Crippen molar-refractivity contribution >= 4 is 12.6 Å². The molecule has 1 unspecified atom stereocenters. The minimum atomic E-state index is 0.614. The molecule has 0 radical (unpaired) electrons. The lowest BCUT2D eigenvalue weighted by atomic mass is 10.1. The van der Waals surface area contributed by atoms with Gasteiger partial charge in [0.1, 0.15) is 0 Å². The van der Waals surface area contributed by atoms with Gasteiger partial charge in [0.05, 0.1) is 20.8 Å². The van der Waals surface area contributed by atoms with E-state index in [-0.39, 0.29) is 0 Å². The van der Waals surface area contributed by atoms with Crippen molar-refractivity contribution in [2.24, 2.45) is 5.92 Å². The molecule has 1 aromatic carbocycles. The van der Waals surface area contributed by atoms with E-state index < -0.39 is 0 Å². The molecular weight excluding hydrogens is 248 g/mol. The van der Waals surface area contributed by atoms with Crippen LogP contribution in [0.2, 0.25) is 0 Å². The average molecular weight is 270 g/mol. The molecule has 0 aromatic heterocycles. The lowest BCUT2D eigenvalue weighted by Gasteiger charge is -2.15. The zero-order chi connectivity index (χ0) is 13.4. The Bertz CT molecular complexity index is 333. The van der Waals surface area contributed by atoms with Gasteiger partial charge in [0.15, 0.2) is 11.5 Å². The number of thiol groups is 1. The SMILES string of the molecule is COc1cccc(OC)c1OCCC(C)CCS. The predicted octanol–water partition coefficient (Wildman–Crippen LogP) is 3.43. The van der Waals surface area contributed by atoms with E-state index in [1.807, 2.05) is 18.2 Å². The van der Waals surface area contributed by atoms with Crippen LogP contribution in [0.15, 0.2) is 18.2 Å². The Balaban J connectivity index is 2.60. The van der Waals surface area contributed by atoms with Crippen LogP contribution in [-0.2, 0) is 0 Å². The summed E-state index contributed by atoms with van der Waals surface area (Å²) in [6, 6.07) is 5.62. The number of hydrogen-bond donors (Lipinski definition) is 1. The fourth-order valence-corrected chi connectivity index (χ4v) is 2.13. The molecule has 0 heterocycles. The summed E-state index contributed by atoms with van der Waals surface area (Å²) in [7, 11) is 3.26. The maximum absolute atomic E-state index is 5.79. The van der Waals surface area contributed by atoms with Crippen LogP contribution < -0.4 is 14.2 Å². The van der Waals surface area contributed by atoms with Gasteiger partial charge in [0, 0.05) is 0 Å². The number of hydrogen-bond acceptors (Lipinski definition) is 4. The van der Waals surface area contributed by atoms with Crippen LogP contribution in [-0.4, -0.2) is 26.6 Å². The standard InChI is InChI=1S/C14H22O3S/c1-11(8-10-18)7-9-17-14-12(15-2)5-4-6-13(14)16-3/h4-6,11,18H,7-10H2,1-3H3. The van der Waals surface area contributed by atoms with Crippen molar-refractivity contribution < 1.29 is 14.2 Å². The van der Waals surface area contributed by atoms with E-state index in [1.54, 1.807) is 14.2 Å². The fraction of sp³-hybridized carbons (Fsp3) is 0.571. The van der Waals surface area contributed by atoms with Gasteiger partial charge in [-0.1, -0.05) is 13.0 Å². The van der Waals surface area contributed by atoms with Crippen molar-refractivity contribution in [3.63, 3.8) is 0 Å². The van der Waals surface area contributed by atoms with Gasteiger partial charge in [-0.15, -0.1) is 0 Å². The molecule has 0 N–H and O–H groups in total. The van der Waals surface area contributed by atoms with Crippen molar-refractivity contribution in [1.82, 2.24) is 0 Å². The van der Waals surface area contributed by atoms with Gasteiger partial charge in [0.2, 0.25) is 5.75 Å². The molecular formula is C14H22O3S. The topological polar surface area (TPSA) is 27.7 Å². The van der Waals surface area contributed by atoms with Crippen LogP contribution in [0, 0.1) is 5.92 Å². The average Bonchev–Trinajstić information content (AvgIpc) is 2.39. The van der Waals surface area contributed by atoms with E-state index in [1.165, 1.54) is 0 Å². The summed E-state index contributed by atoms with van der Waals surface area (Å²) in [5, 5.41) is 0. The van der Waals surface area contributed by atoms with E-state index in [2.05, 4.69) is 19.6 Å².